The van der Waals surface area contributed by atoms with E-state index in [-0.39, 0.29) is 17.6 Å². The molecule has 1 aromatic heterocycles. The Balaban J connectivity index is 1.79. The SMILES string of the molecule is C#CCNCC1CCC(=O)N1CCSc1nc(C(=O)O)cs1. The van der Waals surface area contributed by atoms with Crippen LogP contribution in [0.3, 0.4) is 0 Å². The number of hydrogen-bond donors (Lipinski definition) is 2. The Morgan fingerprint density at radius 2 is 2.50 bits per heavy atom. The number of aromatic nitrogens is 1. The Morgan fingerprint density at radius 3 is 3.18 bits per heavy atom. The van der Waals surface area contributed by atoms with Crippen molar-refractivity contribution in [2.24, 2.45) is 0 Å². The molecule has 22 heavy (non-hydrogen) atoms. The summed E-state index contributed by atoms with van der Waals surface area (Å²) < 4.78 is 0.714. The van der Waals surface area contributed by atoms with E-state index in [2.05, 4.69) is 16.2 Å². The van der Waals surface area contributed by atoms with Gasteiger partial charge in [-0.2, -0.15) is 0 Å². The van der Waals surface area contributed by atoms with Crippen LogP contribution < -0.4 is 5.32 Å². The number of carboxylic acids is 1. The molecule has 0 bridgehead atoms. The quantitative estimate of drug-likeness (QED) is 0.420. The number of nitrogens with zero attached hydrogens (tertiary/aromatic N) is 2. The molecule has 1 fully saturated rings. The molecule has 2 N–H and O–H groups in total. The number of thiazole rings is 1. The fraction of sp³-hybridized carbons (Fsp3) is 0.500. The standard InChI is InChI=1S/C14H17N3O3S2/c1-2-5-15-8-10-3-4-12(18)17(10)6-7-21-14-16-11(9-22-14)13(19)20/h1,9-10,15H,3-8H2,(H,19,20). The Bertz CT molecular complexity index is 582. The maximum atomic E-state index is 11.9. The molecule has 0 saturated carbocycles. The lowest BCUT2D eigenvalue weighted by Gasteiger charge is -2.24. The number of nitrogens with one attached hydrogen (secondary N) is 1. The van der Waals surface area contributed by atoms with E-state index >= 15 is 0 Å². The van der Waals surface area contributed by atoms with Crippen LogP contribution in [0.4, 0.5) is 0 Å². The highest BCUT2D eigenvalue weighted by atomic mass is 32.2. The molecule has 1 amide bonds. The number of carbonyl (C=O) groups excluding carboxylic acids is 1. The third-order valence-corrected chi connectivity index (χ3v) is 5.32. The number of likely N-dealkylation sites (tertiary alicyclic amines) is 1. The average molecular weight is 339 g/mol. The molecule has 0 radical (unpaired) electrons. The molecule has 1 atom stereocenters. The summed E-state index contributed by atoms with van der Waals surface area (Å²) >= 11 is 2.79. The van der Waals surface area contributed by atoms with Gasteiger partial charge in [0.2, 0.25) is 5.91 Å². The number of hydrogen-bond acceptors (Lipinski definition) is 6. The molecular weight excluding hydrogens is 322 g/mol. The zero-order chi connectivity index (χ0) is 15.9. The number of rotatable bonds is 8. The van der Waals surface area contributed by atoms with Gasteiger partial charge in [0.05, 0.1) is 6.54 Å². The molecule has 1 aliphatic rings. The Labute approximate surface area is 137 Å². The summed E-state index contributed by atoms with van der Waals surface area (Å²) in [5.74, 6) is 2.37. The van der Waals surface area contributed by atoms with Crippen molar-refractivity contribution in [1.82, 2.24) is 15.2 Å². The number of terminal acetylenes is 1. The van der Waals surface area contributed by atoms with Gasteiger partial charge in [-0.05, 0) is 6.42 Å². The predicted octanol–water partition coefficient (Wildman–Crippen LogP) is 1.15. The lowest BCUT2D eigenvalue weighted by Crippen LogP contribution is -2.41. The molecule has 0 spiro atoms. The first-order valence-corrected chi connectivity index (χ1v) is 8.73. The van der Waals surface area contributed by atoms with E-state index in [4.69, 9.17) is 11.5 Å². The third-order valence-electron chi connectivity index (χ3n) is 3.32. The minimum atomic E-state index is -1.02. The van der Waals surface area contributed by atoms with Gasteiger partial charge < -0.3 is 15.3 Å². The molecule has 1 aliphatic heterocycles. The van der Waals surface area contributed by atoms with Crippen LogP contribution in [0.2, 0.25) is 0 Å². The monoisotopic (exact) mass is 339 g/mol. The summed E-state index contributed by atoms with van der Waals surface area (Å²) in [6, 6.07) is 0.187. The van der Waals surface area contributed by atoms with Crippen LogP contribution in [0, 0.1) is 12.3 Å². The van der Waals surface area contributed by atoms with Crippen molar-refractivity contribution in [3.63, 3.8) is 0 Å². The Kier molecular flexibility index (Phi) is 6.24. The number of thioether (sulfide) groups is 1. The van der Waals surface area contributed by atoms with Gasteiger partial charge in [-0.25, -0.2) is 9.78 Å². The molecule has 2 rings (SSSR count). The van der Waals surface area contributed by atoms with Crippen LogP contribution in [0.25, 0.3) is 0 Å². The van der Waals surface area contributed by atoms with Crippen molar-refractivity contribution >= 4 is 35.0 Å². The summed E-state index contributed by atoms with van der Waals surface area (Å²) in [6.07, 6.45) is 6.62. The van der Waals surface area contributed by atoms with E-state index in [1.54, 1.807) is 0 Å². The molecule has 1 unspecified atom stereocenters. The maximum absolute atomic E-state index is 11.9. The normalized spacial score (nSPS) is 17.7. The van der Waals surface area contributed by atoms with E-state index in [0.29, 0.717) is 36.1 Å². The van der Waals surface area contributed by atoms with Crippen LogP contribution in [0.1, 0.15) is 23.3 Å². The van der Waals surface area contributed by atoms with Crippen molar-refractivity contribution in [1.29, 1.82) is 0 Å². The zero-order valence-corrected chi connectivity index (χ0v) is 13.6. The largest absolute Gasteiger partial charge is 0.476 e. The highest BCUT2D eigenvalue weighted by Gasteiger charge is 2.29. The molecular formula is C14H17N3O3S2. The first-order valence-electron chi connectivity index (χ1n) is 6.87. The maximum Gasteiger partial charge on any atom is 0.355 e. The fourth-order valence-electron chi connectivity index (χ4n) is 2.28. The summed E-state index contributed by atoms with van der Waals surface area (Å²) in [5.41, 5.74) is 0.0705. The zero-order valence-electron chi connectivity index (χ0n) is 11.9. The second kappa shape index (κ2) is 8.17. The third kappa shape index (κ3) is 4.47. The van der Waals surface area contributed by atoms with Crippen LogP contribution in [-0.4, -0.2) is 58.3 Å². The van der Waals surface area contributed by atoms with E-state index in [1.807, 2.05) is 4.90 Å². The van der Waals surface area contributed by atoms with Crippen LogP contribution >= 0.6 is 23.1 Å². The summed E-state index contributed by atoms with van der Waals surface area (Å²) in [5, 5.41) is 13.5. The van der Waals surface area contributed by atoms with E-state index < -0.39 is 5.97 Å². The van der Waals surface area contributed by atoms with Crippen LogP contribution in [-0.2, 0) is 4.79 Å². The van der Waals surface area contributed by atoms with Gasteiger partial charge in [-0.1, -0.05) is 17.7 Å². The number of carboxylic acid groups (broad SMARTS) is 1. The lowest BCUT2D eigenvalue weighted by molar-refractivity contribution is -0.128. The van der Waals surface area contributed by atoms with Crippen molar-refractivity contribution in [2.75, 3.05) is 25.4 Å². The Hall–Kier alpha value is -1.56. The van der Waals surface area contributed by atoms with Gasteiger partial charge in [-0.15, -0.1) is 17.8 Å². The van der Waals surface area contributed by atoms with Crippen LogP contribution in [0.5, 0.6) is 0 Å². The summed E-state index contributed by atoms with van der Waals surface area (Å²) in [4.78, 5) is 28.6. The average Bonchev–Trinajstić information content (AvgIpc) is 3.09. The van der Waals surface area contributed by atoms with Gasteiger partial charge in [0.1, 0.15) is 0 Å². The first-order chi connectivity index (χ1) is 10.6. The molecule has 118 valence electrons. The predicted molar refractivity (Wildman–Crippen MR) is 86.2 cm³/mol. The molecule has 0 aromatic carbocycles. The van der Waals surface area contributed by atoms with Gasteiger partial charge in [0, 0.05) is 36.7 Å². The van der Waals surface area contributed by atoms with Gasteiger partial charge in [0.15, 0.2) is 10.0 Å². The second-order valence-corrected chi connectivity index (χ2v) is 6.97. The second-order valence-electron chi connectivity index (χ2n) is 4.77. The van der Waals surface area contributed by atoms with Crippen molar-refractivity contribution in [2.45, 2.75) is 23.2 Å². The minimum absolute atomic E-state index is 0.0705. The highest BCUT2D eigenvalue weighted by Crippen LogP contribution is 2.24. The smallest absolute Gasteiger partial charge is 0.355 e. The van der Waals surface area contributed by atoms with E-state index in [0.717, 1.165) is 6.42 Å². The lowest BCUT2D eigenvalue weighted by atomic mass is 10.2. The molecule has 1 aromatic rings. The first kappa shape index (κ1) is 16.8. The number of carbonyl (C=O) groups is 2. The van der Waals surface area contributed by atoms with Gasteiger partial charge in [-0.3, -0.25) is 4.79 Å². The summed E-state index contributed by atoms with van der Waals surface area (Å²) in [6.45, 7) is 1.85. The minimum Gasteiger partial charge on any atom is -0.476 e. The topological polar surface area (TPSA) is 82.5 Å². The van der Waals surface area contributed by atoms with Crippen molar-refractivity contribution in [3.05, 3.63) is 11.1 Å². The van der Waals surface area contributed by atoms with Gasteiger partial charge in [0.25, 0.3) is 0 Å². The molecule has 6 nitrogen and oxygen atoms in total. The fourth-order valence-corrected chi connectivity index (χ4v) is 4.09. The number of amides is 1. The molecule has 0 aliphatic carbocycles. The van der Waals surface area contributed by atoms with E-state index in [1.165, 1.54) is 28.5 Å². The highest BCUT2D eigenvalue weighted by molar-refractivity contribution is 8.01. The molecule has 8 heteroatoms. The Morgan fingerprint density at radius 1 is 1.68 bits per heavy atom. The van der Waals surface area contributed by atoms with Crippen molar-refractivity contribution < 1.29 is 14.7 Å². The van der Waals surface area contributed by atoms with Crippen molar-refractivity contribution in [3.8, 4) is 12.3 Å². The van der Waals surface area contributed by atoms with Crippen LogP contribution in [0.15, 0.2) is 9.72 Å². The molecule has 2 heterocycles. The van der Waals surface area contributed by atoms with Gasteiger partial charge >= 0.3 is 5.97 Å². The van der Waals surface area contributed by atoms with E-state index in [9.17, 15) is 9.59 Å². The number of aromatic carboxylic acids is 1. The molecule has 1 saturated heterocycles. The summed E-state index contributed by atoms with van der Waals surface area (Å²) in [7, 11) is 0.